The first kappa shape index (κ1) is 16.9. The topological polar surface area (TPSA) is 92.4 Å². The number of benzene rings is 1. The molecule has 1 aliphatic rings. The van der Waals surface area contributed by atoms with Gasteiger partial charge >= 0.3 is 5.97 Å². The molecule has 0 radical (unpaired) electrons. The highest BCUT2D eigenvalue weighted by Gasteiger charge is 2.29. The van der Waals surface area contributed by atoms with Crippen LogP contribution in [0.5, 0.6) is 0 Å². The molecule has 1 atom stereocenters. The molecule has 0 aliphatic carbocycles. The van der Waals surface area contributed by atoms with Crippen LogP contribution in [0.25, 0.3) is 0 Å². The van der Waals surface area contributed by atoms with Crippen molar-refractivity contribution in [1.82, 2.24) is 14.9 Å². The molecule has 130 valence electrons. The molecule has 1 aromatic carbocycles. The van der Waals surface area contributed by atoms with E-state index in [1.54, 1.807) is 11.0 Å². The number of aromatic amines is 1. The first-order valence-corrected chi connectivity index (χ1v) is 8.08. The van der Waals surface area contributed by atoms with Crippen molar-refractivity contribution in [3.05, 3.63) is 63.8 Å². The maximum Gasteiger partial charge on any atom is 0.337 e. The number of likely N-dealkylation sites (tertiary alicyclic amines) is 1. The standard InChI is InChI=1S/C18H19N3O4/c1-25-18(24)14-4-2-3-12(10-14)9-13-5-8-21(11-13)17(23)15-16(22)20-7-6-19-15/h2-4,6-7,10,13H,5,8-9,11H2,1H3,(H,20,22). The summed E-state index contributed by atoms with van der Waals surface area (Å²) in [6.45, 7) is 1.16. The first-order valence-electron chi connectivity index (χ1n) is 8.08. The molecule has 0 saturated carbocycles. The first-order chi connectivity index (χ1) is 12.1. The highest BCUT2D eigenvalue weighted by Crippen LogP contribution is 2.22. The minimum absolute atomic E-state index is 0.0733. The van der Waals surface area contributed by atoms with E-state index in [1.807, 2.05) is 18.2 Å². The van der Waals surface area contributed by atoms with E-state index in [0.717, 1.165) is 18.4 Å². The normalized spacial score (nSPS) is 16.7. The Morgan fingerprint density at radius 2 is 2.24 bits per heavy atom. The zero-order chi connectivity index (χ0) is 17.8. The van der Waals surface area contributed by atoms with E-state index in [-0.39, 0.29) is 23.5 Å². The molecule has 1 aromatic heterocycles. The summed E-state index contributed by atoms with van der Waals surface area (Å²) in [5, 5.41) is 0. The lowest BCUT2D eigenvalue weighted by atomic mass is 9.97. The molecule has 0 bridgehead atoms. The Labute approximate surface area is 144 Å². The van der Waals surface area contributed by atoms with Crippen LogP contribution in [0.2, 0.25) is 0 Å². The van der Waals surface area contributed by atoms with E-state index >= 15 is 0 Å². The number of amides is 1. The smallest absolute Gasteiger partial charge is 0.337 e. The minimum Gasteiger partial charge on any atom is -0.465 e. The van der Waals surface area contributed by atoms with Gasteiger partial charge in [-0.2, -0.15) is 0 Å². The van der Waals surface area contributed by atoms with Gasteiger partial charge in [0.15, 0.2) is 5.69 Å². The quantitative estimate of drug-likeness (QED) is 0.845. The highest BCUT2D eigenvalue weighted by atomic mass is 16.5. The lowest BCUT2D eigenvalue weighted by Gasteiger charge is -2.15. The van der Waals surface area contributed by atoms with Crippen molar-refractivity contribution in [1.29, 1.82) is 0 Å². The van der Waals surface area contributed by atoms with Crippen molar-refractivity contribution in [2.75, 3.05) is 20.2 Å². The van der Waals surface area contributed by atoms with E-state index in [2.05, 4.69) is 9.97 Å². The van der Waals surface area contributed by atoms with Crippen LogP contribution < -0.4 is 5.56 Å². The van der Waals surface area contributed by atoms with Gasteiger partial charge in [0.1, 0.15) is 0 Å². The third kappa shape index (κ3) is 3.76. The van der Waals surface area contributed by atoms with Gasteiger partial charge in [-0.1, -0.05) is 12.1 Å². The number of rotatable bonds is 4. The predicted octanol–water partition coefficient (Wildman–Crippen LogP) is 1.26. The largest absolute Gasteiger partial charge is 0.465 e. The number of aromatic nitrogens is 2. The second kappa shape index (κ2) is 7.29. The number of nitrogens with one attached hydrogen (secondary N) is 1. The number of carbonyl (C=O) groups excluding carboxylic acids is 2. The molecule has 7 nitrogen and oxygen atoms in total. The summed E-state index contributed by atoms with van der Waals surface area (Å²) in [7, 11) is 1.36. The summed E-state index contributed by atoms with van der Waals surface area (Å²) in [4.78, 5) is 43.8. The molecule has 1 N–H and O–H groups in total. The third-order valence-corrected chi connectivity index (χ3v) is 4.36. The van der Waals surface area contributed by atoms with Crippen molar-refractivity contribution in [3.8, 4) is 0 Å². The molecule has 1 unspecified atom stereocenters. The molecule has 0 spiro atoms. The Kier molecular flexibility index (Phi) is 4.92. The van der Waals surface area contributed by atoms with Gasteiger partial charge in [0, 0.05) is 25.5 Å². The van der Waals surface area contributed by atoms with Crippen LogP contribution >= 0.6 is 0 Å². The van der Waals surface area contributed by atoms with E-state index in [1.165, 1.54) is 19.5 Å². The molecular formula is C18H19N3O4. The van der Waals surface area contributed by atoms with Crippen molar-refractivity contribution >= 4 is 11.9 Å². The van der Waals surface area contributed by atoms with E-state index in [4.69, 9.17) is 4.74 Å². The molecule has 2 heterocycles. The number of carbonyl (C=O) groups is 2. The van der Waals surface area contributed by atoms with Crippen molar-refractivity contribution in [2.24, 2.45) is 5.92 Å². The molecular weight excluding hydrogens is 322 g/mol. The van der Waals surface area contributed by atoms with Crippen LogP contribution in [0.4, 0.5) is 0 Å². The van der Waals surface area contributed by atoms with Gasteiger partial charge in [-0.15, -0.1) is 0 Å². The lowest BCUT2D eigenvalue weighted by Crippen LogP contribution is -2.34. The second-order valence-corrected chi connectivity index (χ2v) is 6.07. The van der Waals surface area contributed by atoms with Crippen LogP contribution in [0.1, 0.15) is 32.8 Å². The van der Waals surface area contributed by atoms with Crippen molar-refractivity contribution < 1.29 is 14.3 Å². The molecule has 1 saturated heterocycles. The zero-order valence-corrected chi connectivity index (χ0v) is 13.9. The van der Waals surface area contributed by atoms with Crippen molar-refractivity contribution in [2.45, 2.75) is 12.8 Å². The Hall–Kier alpha value is -2.96. The summed E-state index contributed by atoms with van der Waals surface area (Å²) in [5.41, 5.74) is 1.00. The van der Waals surface area contributed by atoms with Gasteiger partial charge in [-0.25, -0.2) is 9.78 Å². The zero-order valence-electron chi connectivity index (χ0n) is 13.9. The van der Waals surface area contributed by atoms with Crippen LogP contribution in [0, 0.1) is 5.92 Å². The highest BCUT2D eigenvalue weighted by molar-refractivity contribution is 5.92. The van der Waals surface area contributed by atoms with E-state index < -0.39 is 5.56 Å². The fourth-order valence-corrected chi connectivity index (χ4v) is 3.11. The number of hydrogen-bond donors (Lipinski definition) is 1. The molecule has 25 heavy (non-hydrogen) atoms. The van der Waals surface area contributed by atoms with Gasteiger partial charge < -0.3 is 14.6 Å². The summed E-state index contributed by atoms with van der Waals surface area (Å²) >= 11 is 0. The van der Waals surface area contributed by atoms with E-state index in [0.29, 0.717) is 18.7 Å². The number of methoxy groups -OCH3 is 1. The second-order valence-electron chi connectivity index (χ2n) is 6.07. The average molecular weight is 341 g/mol. The Morgan fingerprint density at radius 3 is 3.00 bits per heavy atom. The number of ether oxygens (including phenoxy) is 1. The monoisotopic (exact) mass is 341 g/mol. The predicted molar refractivity (Wildman–Crippen MR) is 90.4 cm³/mol. The summed E-state index contributed by atoms with van der Waals surface area (Å²) in [5.74, 6) is -0.424. The third-order valence-electron chi connectivity index (χ3n) is 4.36. The van der Waals surface area contributed by atoms with Gasteiger partial charge in [-0.3, -0.25) is 9.59 Å². The SMILES string of the molecule is COC(=O)c1cccc(CC2CCN(C(=O)c3ncc[nH]c3=O)C2)c1. The van der Waals surface area contributed by atoms with Gasteiger partial charge in [-0.05, 0) is 36.5 Å². The van der Waals surface area contributed by atoms with Gasteiger partial charge in [0.2, 0.25) is 0 Å². The summed E-state index contributed by atoms with van der Waals surface area (Å²) in [6, 6.07) is 7.32. The fourth-order valence-electron chi connectivity index (χ4n) is 3.11. The van der Waals surface area contributed by atoms with E-state index in [9.17, 15) is 14.4 Å². The lowest BCUT2D eigenvalue weighted by molar-refractivity contribution is 0.0600. The Morgan fingerprint density at radius 1 is 1.40 bits per heavy atom. The van der Waals surface area contributed by atoms with Crippen molar-refractivity contribution in [3.63, 3.8) is 0 Å². The molecule has 1 aliphatic heterocycles. The summed E-state index contributed by atoms with van der Waals surface area (Å²) in [6.07, 6.45) is 4.41. The maximum absolute atomic E-state index is 12.4. The number of esters is 1. The molecule has 2 aromatic rings. The Bertz CT molecular complexity index is 846. The maximum atomic E-state index is 12.4. The van der Waals surface area contributed by atoms with Crippen LogP contribution in [0.15, 0.2) is 41.5 Å². The van der Waals surface area contributed by atoms with Crippen LogP contribution in [0.3, 0.4) is 0 Å². The summed E-state index contributed by atoms with van der Waals surface area (Å²) < 4.78 is 4.74. The average Bonchev–Trinajstić information content (AvgIpc) is 3.09. The molecule has 3 rings (SSSR count). The minimum atomic E-state index is -0.471. The number of hydrogen-bond acceptors (Lipinski definition) is 5. The van der Waals surface area contributed by atoms with Gasteiger partial charge in [0.05, 0.1) is 12.7 Å². The van der Waals surface area contributed by atoms with Gasteiger partial charge in [0.25, 0.3) is 11.5 Å². The van der Waals surface area contributed by atoms with Crippen LogP contribution in [-0.4, -0.2) is 46.9 Å². The molecule has 1 fully saturated rings. The Balaban J connectivity index is 1.66. The van der Waals surface area contributed by atoms with Crippen LogP contribution in [-0.2, 0) is 11.2 Å². The molecule has 7 heteroatoms. The fraction of sp³-hybridized carbons (Fsp3) is 0.333. The number of H-pyrrole nitrogens is 1. The molecule has 1 amide bonds. The number of nitrogens with zero attached hydrogens (tertiary/aromatic N) is 2.